The van der Waals surface area contributed by atoms with Crippen molar-refractivity contribution < 1.29 is 9.59 Å². The first-order valence-corrected chi connectivity index (χ1v) is 8.65. The lowest BCUT2D eigenvalue weighted by molar-refractivity contribution is -0.138. The molecule has 0 bridgehead atoms. The molecule has 0 saturated carbocycles. The Labute approximate surface area is 144 Å². The van der Waals surface area contributed by atoms with E-state index in [1.165, 1.54) is 11.3 Å². The first-order chi connectivity index (χ1) is 11.6. The van der Waals surface area contributed by atoms with Crippen molar-refractivity contribution in [1.29, 1.82) is 0 Å². The number of nitrogens with one attached hydrogen (secondary N) is 1. The monoisotopic (exact) mass is 345 g/mol. The zero-order chi connectivity index (χ0) is 16.9. The molecule has 126 valence electrons. The first-order valence-electron chi connectivity index (χ1n) is 7.77. The SMILES string of the molecule is CC(=O)N1CCN(C(=O)Cc2csc(Nc3ccccn3)n2)CC1. The first kappa shape index (κ1) is 16.4. The summed E-state index contributed by atoms with van der Waals surface area (Å²) in [5, 5.41) is 5.73. The van der Waals surface area contributed by atoms with Crippen molar-refractivity contribution in [2.24, 2.45) is 0 Å². The van der Waals surface area contributed by atoms with Gasteiger partial charge in [-0.1, -0.05) is 6.07 Å². The highest BCUT2D eigenvalue weighted by molar-refractivity contribution is 7.13. The van der Waals surface area contributed by atoms with Crippen molar-refractivity contribution in [2.75, 3.05) is 31.5 Å². The molecule has 1 saturated heterocycles. The Kier molecular flexibility index (Phi) is 5.05. The molecule has 2 aromatic rings. The minimum atomic E-state index is 0.0490. The van der Waals surface area contributed by atoms with Crippen LogP contribution in [-0.4, -0.2) is 57.8 Å². The number of carbonyl (C=O) groups is 2. The molecular weight excluding hydrogens is 326 g/mol. The smallest absolute Gasteiger partial charge is 0.228 e. The number of hydrogen-bond acceptors (Lipinski definition) is 6. The van der Waals surface area contributed by atoms with Gasteiger partial charge >= 0.3 is 0 Å². The van der Waals surface area contributed by atoms with E-state index in [4.69, 9.17) is 0 Å². The molecule has 0 spiro atoms. The number of amides is 2. The Bertz CT molecular complexity index is 710. The Hall–Kier alpha value is -2.48. The number of piperazine rings is 1. The molecular formula is C16H19N5O2S. The second-order valence-corrected chi connectivity index (χ2v) is 6.41. The maximum absolute atomic E-state index is 12.4. The molecule has 7 nitrogen and oxygen atoms in total. The maximum Gasteiger partial charge on any atom is 0.228 e. The number of aromatic nitrogens is 2. The molecule has 8 heteroatoms. The van der Waals surface area contributed by atoms with E-state index in [1.807, 2.05) is 23.6 Å². The highest BCUT2D eigenvalue weighted by Gasteiger charge is 2.22. The standard InChI is InChI=1S/C16H19N5O2S/c1-12(22)20-6-8-21(9-7-20)15(23)10-13-11-24-16(18-13)19-14-4-2-3-5-17-14/h2-5,11H,6-10H2,1H3,(H,17,18,19). The molecule has 0 radical (unpaired) electrons. The normalized spacial score (nSPS) is 14.5. The number of nitrogens with zero attached hydrogens (tertiary/aromatic N) is 4. The van der Waals surface area contributed by atoms with Crippen molar-refractivity contribution >= 4 is 34.1 Å². The maximum atomic E-state index is 12.4. The van der Waals surface area contributed by atoms with Crippen molar-refractivity contribution in [2.45, 2.75) is 13.3 Å². The molecule has 0 aromatic carbocycles. The quantitative estimate of drug-likeness (QED) is 0.909. The predicted octanol–water partition coefficient (Wildman–Crippen LogP) is 1.51. The largest absolute Gasteiger partial charge is 0.339 e. The summed E-state index contributed by atoms with van der Waals surface area (Å²) < 4.78 is 0. The lowest BCUT2D eigenvalue weighted by Gasteiger charge is -2.34. The molecule has 24 heavy (non-hydrogen) atoms. The molecule has 1 aliphatic heterocycles. The Morgan fingerprint density at radius 2 is 1.96 bits per heavy atom. The minimum Gasteiger partial charge on any atom is -0.339 e. The van der Waals surface area contributed by atoms with E-state index < -0.39 is 0 Å². The third-order valence-electron chi connectivity index (χ3n) is 3.86. The molecule has 2 aromatic heterocycles. The minimum absolute atomic E-state index is 0.0490. The third kappa shape index (κ3) is 4.08. The van der Waals surface area contributed by atoms with Gasteiger partial charge in [0.25, 0.3) is 0 Å². The molecule has 1 fully saturated rings. The van der Waals surface area contributed by atoms with Gasteiger partial charge in [0.15, 0.2) is 5.13 Å². The van der Waals surface area contributed by atoms with Crippen LogP contribution < -0.4 is 5.32 Å². The van der Waals surface area contributed by atoms with Gasteiger partial charge in [-0.2, -0.15) is 0 Å². The lowest BCUT2D eigenvalue weighted by Crippen LogP contribution is -2.50. The van der Waals surface area contributed by atoms with Crippen LogP contribution in [0, 0.1) is 0 Å². The summed E-state index contributed by atoms with van der Waals surface area (Å²) in [5.41, 5.74) is 0.748. The third-order valence-corrected chi connectivity index (χ3v) is 4.67. The molecule has 0 unspecified atom stereocenters. The van der Waals surface area contributed by atoms with Gasteiger partial charge in [-0.15, -0.1) is 11.3 Å². The van der Waals surface area contributed by atoms with Gasteiger partial charge in [0.1, 0.15) is 5.82 Å². The zero-order valence-corrected chi connectivity index (χ0v) is 14.3. The van der Waals surface area contributed by atoms with E-state index in [0.29, 0.717) is 26.2 Å². The molecule has 1 aliphatic rings. The fourth-order valence-electron chi connectivity index (χ4n) is 2.53. The fourth-order valence-corrected chi connectivity index (χ4v) is 3.25. The van der Waals surface area contributed by atoms with E-state index >= 15 is 0 Å². The van der Waals surface area contributed by atoms with Crippen LogP contribution in [-0.2, 0) is 16.0 Å². The number of pyridine rings is 1. The van der Waals surface area contributed by atoms with Crippen molar-refractivity contribution in [3.05, 3.63) is 35.5 Å². The zero-order valence-electron chi connectivity index (χ0n) is 13.4. The van der Waals surface area contributed by atoms with E-state index in [-0.39, 0.29) is 18.2 Å². The molecule has 0 aliphatic carbocycles. The van der Waals surface area contributed by atoms with Gasteiger partial charge in [0.05, 0.1) is 12.1 Å². The fraction of sp³-hybridized carbons (Fsp3) is 0.375. The Morgan fingerprint density at radius 1 is 1.21 bits per heavy atom. The predicted molar refractivity (Wildman–Crippen MR) is 92.2 cm³/mol. The molecule has 3 rings (SSSR count). The van der Waals surface area contributed by atoms with Crippen LogP contribution >= 0.6 is 11.3 Å². The van der Waals surface area contributed by atoms with Gasteiger partial charge < -0.3 is 15.1 Å². The van der Waals surface area contributed by atoms with E-state index in [0.717, 1.165) is 16.6 Å². The lowest BCUT2D eigenvalue weighted by atomic mass is 10.2. The number of carbonyl (C=O) groups excluding carboxylic acids is 2. The topological polar surface area (TPSA) is 78.4 Å². The van der Waals surface area contributed by atoms with Gasteiger partial charge in [-0.3, -0.25) is 9.59 Å². The van der Waals surface area contributed by atoms with Crippen molar-refractivity contribution in [3.8, 4) is 0 Å². The summed E-state index contributed by atoms with van der Waals surface area (Å²) in [5.74, 6) is 0.838. The second-order valence-electron chi connectivity index (χ2n) is 5.55. The van der Waals surface area contributed by atoms with Gasteiger partial charge in [0, 0.05) is 44.7 Å². The van der Waals surface area contributed by atoms with Crippen LogP contribution in [0.25, 0.3) is 0 Å². The summed E-state index contributed by atoms with van der Waals surface area (Å²) in [4.78, 5) is 35.9. The van der Waals surface area contributed by atoms with E-state index in [1.54, 1.807) is 22.9 Å². The summed E-state index contributed by atoms with van der Waals surface area (Å²) >= 11 is 1.45. The molecule has 0 atom stereocenters. The second kappa shape index (κ2) is 7.39. The number of rotatable bonds is 4. The summed E-state index contributed by atoms with van der Waals surface area (Å²) in [7, 11) is 0. The van der Waals surface area contributed by atoms with Crippen molar-refractivity contribution in [1.82, 2.24) is 19.8 Å². The van der Waals surface area contributed by atoms with Crippen LogP contribution in [0.4, 0.5) is 10.9 Å². The molecule has 1 N–H and O–H groups in total. The number of thiazole rings is 1. The highest BCUT2D eigenvalue weighted by atomic mass is 32.1. The summed E-state index contributed by atoms with van der Waals surface area (Å²) in [6.45, 7) is 3.93. The van der Waals surface area contributed by atoms with Gasteiger partial charge in [-0.05, 0) is 12.1 Å². The van der Waals surface area contributed by atoms with Crippen LogP contribution in [0.1, 0.15) is 12.6 Å². The van der Waals surface area contributed by atoms with Crippen LogP contribution in [0.2, 0.25) is 0 Å². The highest BCUT2D eigenvalue weighted by Crippen LogP contribution is 2.20. The van der Waals surface area contributed by atoms with E-state index in [9.17, 15) is 9.59 Å². The van der Waals surface area contributed by atoms with Crippen LogP contribution in [0.3, 0.4) is 0 Å². The summed E-state index contributed by atoms with van der Waals surface area (Å²) in [6, 6.07) is 5.61. The number of hydrogen-bond donors (Lipinski definition) is 1. The van der Waals surface area contributed by atoms with Crippen LogP contribution in [0.15, 0.2) is 29.8 Å². The Morgan fingerprint density at radius 3 is 2.62 bits per heavy atom. The molecule has 2 amide bonds. The van der Waals surface area contributed by atoms with Crippen LogP contribution in [0.5, 0.6) is 0 Å². The van der Waals surface area contributed by atoms with Gasteiger partial charge in [-0.25, -0.2) is 9.97 Å². The Balaban J connectivity index is 1.53. The molecule has 3 heterocycles. The van der Waals surface area contributed by atoms with E-state index in [2.05, 4.69) is 15.3 Å². The van der Waals surface area contributed by atoms with Crippen molar-refractivity contribution in [3.63, 3.8) is 0 Å². The average Bonchev–Trinajstić information content (AvgIpc) is 3.02. The summed E-state index contributed by atoms with van der Waals surface area (Å²) in [6.07, 6.45) is 1.99. The van der Waals surface area contributed by atoms with Gasteiger partial charge in [0.2, 0.25) is 11.8 Å². The number of anilines is 2. The average molecular weight is 345 g/mol.